The zero-order chi connectivity index (χ0) is 22.9. The van der Waals surface area contributed by atoms with Crippen LogP contribution in [0.25, 0.3) is 11.1 Å². The third-order valence-corrected chi connectivity index (χ3v) is 5.56. The van der Waals surface area contributed by atoms with Crippen molar-refractivity contribution in [3.8, 4) is 24.0 Å². The Hall–Kier alpha value is -3.15. The number of nitrogens with zero attached hydrogens (tertiary/aromatic N) is 5. The second-order valence-corrected chi connectivity index (χ2v) is 8.08. The van der Waals surface area contributed by atoms with Gasteiger partial charge in [-0.15, -0.1) is 12.8 Å². The lowest BCUT2D eigenvalue weighted by atomic mass is 10.1. The van der Waals surface area contributed by atoms with E-state index >= 15 is 0 Å². The molecule has 3 heterocycles. The van der Waals surface area contributed by atoms with E-state index in [1.807, 2.05) is 36.5 Å². The summed E-state index contributed by atoms with van der Waals surface area (Å²) >= 11 is 0. The number of hydrogen-bond acceptors (Lipinski definition) is 5. The van der Waals surface area contributed by atoms with Gasteiger partial charge in [0, 0.05) is 64.2 Å². The fraction of sp³-hybridized carbons (Fsp3) is 0.458. The van der Waals surface area contributed by atoms with Crippen molar-refractivity contribution in [2.75, 3.05) is 39.4 Å². The summed E-state index contributed by atoms with van der Waals surface area (Å²) in [4.78, 5) is 18.7. The number of hydrazine groups is 1. The number of aromatic nitrogens is 2. The predicted molar refractivity (Wildman–Crippen MR) is 126 cm³/mol. The average Bonchev–Trinajstić information content (AvgIpc) is 3.23. The molecule has 2 aromatic rings. The molecule has 8 heteroatoms. The highest BCUT2D eigenvalue weighted by molar-refractivity contribution is 5.85. The van der Waals surface area contributed by atoms with Gasteiger partial charge in [0.05, 0.1) is 25.1 Å². The number of hydrogen-bond donors (Lipinski definition) is 1. The van der Waals surface area contributed by atoms with Crippen LogP contribution in [-0.2, 0) is 16.6 Å². The van der Waals surface area contributed by atoms with Gasteiger partial charge in [0.1, 0.15) is 5.84 Å². The Bertz CT molecular complexity index is 929. The fourth-order valence-corrected chi connectivity index (χ4v) is 3.79. The third kappa shape index (κ3) is 6.42. The molecule has 0 unspecified atom stereocenters. The van der Waals surface area contributed by atoms with Gasteiger partial charge in [0.15, 0.2) is 0 Å². The molecule has 0 bridgehead atoms. The van der Waals surface area contributed by atoms with E-state index < -0.39 is 0 Å². The quantitative estimate of drug-likeness (QED) is 0.746. The maximum absolute atomic E-state index is 12.0. The van der Waals surface area contributed by atoms with Crippen LogP contribution in [0.15, 0.2) is 41.7 Å². The van der Waals surface area contributed by atoms with Gasteiger partial charge >= 0.3 is 0 Å². The summed E-state index contributed by atoms with van der Waals surface area (Å²) in [7, 11) is 1.92. The monoisotopic (exact) mass is 436 g/mol. The van der Waals surface area contributed by atoms with Crippen molar-refractivity contribution in [2.45, 2.75) is 19.8 Å². The molecule has 0 spiro atoms. The van der Waals surface area contributed by atoms with Gasteiger partial charge in [-0.2, -0.15) is 5.10 Å². The van der Waals surface area contributed by atoms with Crippen LogP contribution in [0.1, 0.15) is 19.8 Å². The van der Waals surface area contributed by atoms with Gasteiger partial charge in [-0.3, -0.25) is 9.48 Å². The van der Waals surface area contributed by atoms with Crippen LogP contribution in [0.4, 0.5) is 5.69 Å². The largest absolute Gasteiger partial charge is 0.381 e. The zero-order valence-electron chi connectivity index (χ0n) is 18.9. The summed E-state index contributed by atoms with van der Waals surface area (Å²) in [6.45, 7) is 6.54. The first kappa shape index (κ1) is 23.5. The number of aliphatic imine (C=N–C) groups is 1. The van der Waals surface area contributed by atoms with Crippen molar-refractivity contribution in [3.63, 3.8) is 0 Å². The summed E-state index contributed by atoms with van der Waals surface area (Å²) in [6, 6.07) is 8.18. The molecule has 2 fully saturated rings. The smallest absolute Gasteiger partial charge is 0.219 e. The van der Waals surface area contributed by atoms with Crippen LogP contribution >= 0.6 is 0 Å². The van der Waals surface area contributed by atoms with Gasteiger partial charge in [-0.1, -0.05) is 12.1 Å². The Morgan fingerprint density at radius 3 is 2.53 bits per heavy atom. The molecule has 32 heavy (non-hydrogen) atoms. The number of amides is 1. The molecule has 2 aliphatic rings. The summed E-state index contributed by atoms with van der Waals surface area (Å²) in [5, 5.41) is 6.47. The molecule has 1 aromatic heterocycles. The van der Waals surface area contributed by atoms with E-state index in [1.54, 1.807) is 11.6 Å². The van der Waals surface area contributed by atoms with E-state index in [-0.39, 0.29) is 5.91 Å². The number of carbonyl (C=O) groups is 1. The van der Waals surface area contributed by atoms with E-state index in [4.69, 9.17) is 9.73 Å². The standard InChI is InChI=1S/C22H30N6O2.C2H2/c1-17(29)27-9-3-10-28(13-18-15-30-16-18)25-22(8-11-27)24-21-6-4-19(5-7-21)20-12-23-26(2)14-20;1-2/h4-7,12,14,18H,3,8-11,13,15-16H2,1-2H3,(H,24,25);1-2H. The van der Waals surface area contributed by atoms with Crippen LogP contribution in [0.5, 0.6) is 0 Å². The predicted octanol–water partition coefficient (Wildman–Crippen LogP) is 2.46. The van der Waals surface area contributed by atoms with Crippen molar-refractivity contribution in [1.29, 1.82) is 0 Å². The fourth-order valence-electron chi connectivity index (χ4n) is 3.79. The Morgan fingerprint density at radius 2 is 1.94 bits per heavy atom. The van der Waals surface area contributed by atoms with E-state index in [0.29, 0.717) is 18.9 Å². The molecule has 8 nitrogen and oxygen atoms in total. The van der Waals surface area contributed by atoms with Crippen LogP contribution in [0.2, 0.25) is 0 Å². The number of amidine groups is 1. The number of aryl methyl sites for hydroxylation is 1. The highest BCUT2D eigenvalue weighted by Gasteiger charge is 2.23. The molecular weight excluding hydrogens is 404 g/mol. The lowest BCUT2D eigenvalue weighted by molar-refractivity contribution is -0.128. The summed E-state index contributed by atoms with van der Waals surface area (Å²) in [6.07, 6.45) is 13.5. The SMILES string of the molecule is C#C.CC(=O)N1CCCN(CC2COC2)NC(=Nc2ccc(-c3cnn(C)c3)cc2)CC1. The van der Waals surface area contributed by atoms with Gasteiger partial charge in [-0.25, -0.2) is 10.0 Å². The second kappa shape index (κ2) is 11.5. The molecule has 1 N–H and O–H groups in total. The first-order valence-electron chi connectivity index (χ1n) is 10.9. The van der Waals surface area contributed by atoms with Crippen molar-refractivity contribution in [2.24, 2.45) is 18.0 Å². The highest BCUT2D eigenvalue weighted by Crippen LogP contribution is 2.22. The van der Waals surface area contributed by atoms with Crippen LogP contribution in [0.3, 0.4) is 0 Å². The molecule has 1 aromatic carbocycles. The topological polar surface area (TPSA) is 75.0 Å². The molecule has 0 saturated carbocycles. The molecule has 0 aliphatic carbocycles. The van der Waals surface area contributed by atoms with Gasteiger partial charge in [-0.05, 0) is 24.1 Å². The van der Waals surface area contributed by atoms with Crippen molar-refractivity contribution < 1.29 is 9.53 Å². The second-order valence-electron chi connectivity index (χ2n) is 8.08. The first-order valence-corrected chi connectivity index (χ1v) is 10.9. The summed E-state index contributed by atoms with van der Waals surface area (Å²) in [5.41, 5.74) is 6.62. The number of benzene rings is 1. The van der Waals surface area contributed by atoms with Crippen LogP contribution in [0, 0.1) is 18.8 Å². The minimum absolute atomic E-state index is 0.121. The van der Waals surface area contributed by atoms with Gasteiger partial charge in [0.2, 0.25) is 5.91 Å². The molecule has 1 amide bonds. The number of carbonyl (C=O) groups excluding carboxylic acids is 1. The average molecular weight is 437 g/mol. The molecule has 4 rings (SSSR count). The van der Waals surface area contributed by atoms with Gasteiger partial charge in [0.25, 0.3) is 0 Å². The van der Waals surface area contributed by atoms with Gasteiger partial charge < -0.3 is 15.1 Å². The number of nitrogens with one attached hydrogen (secondary N) is 1. The molecule has 2 saturated heterocycles. The minimum Gasteiger partial charge on any atom is -0.381 e. The lowest BCUT2D eigenvalue weighted by Crippen LogP contribution is -2.48. The van der Waals surface area contributed by atoms with Crippen molar-refractivity contribution >= 4 is 17.4 Å². The minimum atomic E-state index is 0.121. The molecule has 170 valence electrons. The molecule has 0 atom stereocenters. The molecule has 2 aliphatic heterocycles. The van der Waals surface area contributed by atoms with E-state index in [9.17, 15) is 4.79 Å². The van der Waals surface area contributed by atoms with Crippen molar-refractivity contribution in [3.05, 3.63) is 36.7 Å². The van der Waals surface area contributed by atoms with E-state index in [0.717, 1.165) is 61.9 Å². The zero-order valence-corrected chi connectivity index (χ0v) is 18.9. The number of rotatable bonds is 4. The van der Waals surface area contributed by atoms with Crippen LogP contribution < -0.4 is 5.43 Å². The maximum Gasteiger partial charge on any atom is 0.219 e. The molecule has 0 radical (unpaired) electrons. The maximum atomic E-state index is 12.0. The van der Waals surface area contributed by atoms with E-state index in [1.165, 1.54) is 0 Å². The Balaban J connectivity index is 0.00000141. The number of terminal acetylenes is 1. The summed E-state index contributed by atoms with van der Waals surface area (Å²) in [5.74, 6) is 1.57. The Labute approximate surface area is 190 Å². The third-order valence-electron chi connectivity index (χ3n) is 5.56. The summed E-state index contributed by atoms with van der Waals surface area (Å²) < 4.78 is 7.13. The number of ether oxygens (including phenoxy) is 1. The molecular formula is C24H32N6O2. The first-order chi connectivity index (χ1) is 15.6. The highest BCUT2D eigenvalue weighted by atomic mass is 16.5. The Morgan fingerprint density at radius 1 is 1.19 bits per heavy atom. The lowest BCUT2D eigenvalue weighted by Gasteiger charge is -2.33. The van der Waals surface area contributed by atoms with E-state index in [2.05, 4.69) is 40.5 Å². The Kier molecular flexibility index (Phi) is 8.42. The van der Waals surface area contributed by atoms with Crippen molar-refractivity contribution in [1.82, 2.24) is 25.1 Å². The van der Waals surface area contributed by atoms with Crippen LogP contribution in [-0.4, -0.2) is 70.8 Å². The normalized spacial score (nSPS) is 19.0.